The van der Waals surface area contributed by atoms with Gasteiger partial charge in [0.25, 0.3) is 5.91 Å². The summed E-state index contributed by atoms with van der Waals surface area (Å²) in [6.45, 7) is 3.77. The minimum atomic E-state index is 0.117. The van der Waals surface area contributed by atoms with Crippen molar-refractivity contribution in [1.29, 1.82) is 0 Å². The van der Waals surface area contributed by atoms with E-state index in [0.29, 0.717) is 11.6 Å². The van der Waals surface area contributed by atoms with E-state index >= 15 is 0 Å². The first-order valence-electron chi connectivity index (χ1n) is 9.28. The van der Waals surface area contributed by atoms with Crippen LogP contribution in [-0.2, 0) is 13.6 Å². The van der Waals surface area contributed by atoms with Crippen molar-refractivity contribution >= 4 is 5.91 Å². The highest BCUT2D eigenvalue weighted by Gasteiger charge is 2.38. The van der Waals surface area contributed by atoms with E-state index in [0.717, 1.165) is 38.3 Å². The van der Waals surface area contributed by atoms with Gasteiger partial charge in [-0.1, -0.05) is 12.1 Å². The summed E-state index contributed by atoms with van der Waals surface area (Å²) in [5.74, 6) is 1.55. The quantitative estimate of drug-likeness (QED) is 0.844. The zero-order valence-corrected chi connectivity index (χ0v) is 15.5. The molecule has 0 radical (unpaired) electrons. The second-order valence-corrected chi connectivity index (χ2v) is 7.44. The van der Waals surface area contributed by atoms with E-state index < -0.39 is 0 Å². The number of benzene rings is 1. The second kappa shape index (κ2) is 7.11. The number of aromatic nitrogens is 2. The number of nitrogens with zero attached hydrogens (tertiary/aromatic N) is 4. The van der Waals surface area contributed by atoms with E-state index in [2.05, 4.69) is 27.0 Å². The lowest BCUT2D eigenvalue weighted by Crippen LogP contribution is -2.47. The molecule has 26 heavy (non-hydrogen) atoms. The van der Waals surface area contributed by atoms with Crippen LogP contribution in [0.5, 0.6) is 5.75 Å². The number of ether oxygens (including phenoxy) is 1. The predicted molar refractivity (Wildman–Crippen MR) is 99.0 cm³/mol. The normalized spacial score (nSPS) is 23.1. The maximum Gasteiger partial charge on any atom is 0.272 e. The van der Waals surface area contributed by atoms with Crippen LogP contribution in [0.25, 0.3) is 0 Å². The highest BCUT2D eigenvalue weighted by Crippen LogP contribution is 2.30. The summed E-state index contributed by atoms with van der Waals surface area (Å²) < 4.78 is 6.92. The number of aryl methyl sites for hydroxylation is 1. The summed E-state index contributed by atoms with van der Waals surface area (Å²) in [5.41, 5.74) is 1.97. The van der Waals surface area contributed by atoms with Crippen molar-refractivity contribution in [3.63, 3.8) is 0 Å². The third-order valence-corrected chi connectivity index (χ3v) is 5.66. The van der Waals surface area contributed by atoms with E-state index in [1.54, 1.807) is 18.0 Å². The molecule has 0 N–H and O–H groups in total. The van der Waals surface area contributed by atoms with Crippen LogP contribution in [0.4, 0.5) is 0 Å². The summed E-state index contributed by atoms with van der Waals surface area (Å²) in [5, 5.41) is 4.15. The summed E-state index contributed by atoms with van der Waals surface area (Å²) in [7, 11) is 3.52. The Morgan fingerprint density at radius 3 is 2.65 bits per heavy atom. The lowest BCUT2D eigenvalue weighted by atomic mass is 9.94. The molecule has 1 aromatic carbocycles. The van der Waals surface area contributed by atoms with Crippen LogP contribution in [0.15, 0.2) is 36.5 Å². The maximum absolute atomic E-state index is 13.0. The van der Waals surface area contributed by atoms with Gasteiger partial charge < -0.3 is 9.64 Å². The fraction of sp³-hybridized carbons (Fsp3) is 0.500. The zero-order chi connectivity index (χ0) is 18.1. The summed E-state index contributed by atoms with van der Waals surface area (Å²) in [6, 6.07) is 10.4. The molecule has 5 rings (SSSR count). The van der Waals surface area contributed by atoms with E-state index in [1.165, 1.54) is 12.0 Å². The van der Waals surface area contributed by atoms with E-state index in [4.69, 9.17) is 4.74 Å². The third-order valence-electron chi connectivity index (χ3n) is 5.66. The molecule has 0 spiro atoms. The average molecular weight is 354 g/mol. The van der Waals surface area contributed by atoms with E-state index in [9.17, 15) is 4.79 Å². The number of rotatable bonds is 4. The molecule has 2 atom stereocenters. The number of amides is 1. The lowest BCUT2D eigenvalue weighted by Gasteiger charge is -2.36. The molecule has 6 nitrogen and oxygen atoms in total. The van der Waals surface area contributed by atoms with Crippen molar-refractivity contribution < 1.29 is 9.53 Å². The molecular formula is C20H26N4O2. The standard InChI is InChI=1S/C20H26N4O2/c1-22-19(9-10-21-22)20(25)24-13-16-3-6-17(24)14-23(12-16)11-15-4-7-18(26-2)8-5-15/h4-5,7-10,16-17H,3,6,11-14H2,1-2H3/t16-,17+/m0/s1. The van der Waals surface area contributed by atoms with Crippen LogP contribution >= 0.6 is 0 Å². The number of fused-ring (bicyclic) bond motifs is 4. The van der Waals surface area contributed by atoms with Crippen molar-refractivity contribution in [1.82, 2.24) is 19.6 Å². The van der Waals surface area contributed by atoms with Gasteiger partial charge in [-0.15, -0.1) is 0 Å². The van der Waals surface area contributed by atoms with Gasteiger partial charge in [0.05, 0.1) is 7.11 Å². The molecule has 1 aromatic heterocycles. The molecule has 3 aliphatic rings. The fourth-order valence-electron chi connectivity index (χ4n) is 4.28. The van der Waals surface area contributed by atoms with Gasteiger partial charge in [-0.2, -0.15) is 5.10 Å². The molecule has 3 aliphatic heterocycles. The smallest absolute Gasteiger partial charge is 0.272 e. The number of carbonyl (C=O) groups excluding carboxylic acids is 1. The topological polar surface area (TPSA) is 50.6 Å². The SMILES string of the molecule is COc1ccc(CN2C[C@@H]3CC[C@H](C2)N(C(=O)c2ccnn2C)C3)cc1. The molecule has 2 bridgehead atoms. The zero-order valence-electron chi connectivity index (χ0n) is 15.5. The van der Waals surface area contributed by atoms with E-state index in [-0.39, 0.29) is 11.9 Å². The van der Waals surface area contributed by atoms with Gasteiger partial charge in [0.1, 0.15) is 11.4 Å². The molecule has 0 aliphatic carbocycles. The maximum atomic E-state index is 13.0. The van der Waals surface area contributed by atoms with Crippen LogP contribution in [0, 0.1) is 5.92 Å². The highest BCUT2D eigenvalue weighted by atomic mass is 16.5. The Balaban J connectivity index is 1.47. The first-order valence-corrected chi connectivity index (χ1v) is 9.28. The van der Waals surface area contributed by atoms with Crippen LogP contribution in [0.3, 0.4) is 0 Å². The van der Waals surface area contributed by atoms with Crippen LogP contribution in [-0.4, -0.2) is 58.3 Å². The molecule has 4 heterocycles. The number of piperidine rings is 1. The van der Waals surface area contributed by atoms with Crippen molar-refractivity contribution in [3.05, 3.63) is 47.8 Å². The molecule has 138 valence electrons. The molecule has 6 heteroatoms. The minimum Gasteiger partial charge on any atom is -0.497 e. The molecule has 2 aromatic rings. The van der Waals surface area contributed by atoms with Crippen molar-refractivity contribution in [3.8, 4) is 5.75 Å². The van der Waals surface area contributed by atoms with Crippen molar-refractivity contribution in [2.45, 2.75) is 25.4 Å². The average Bonchev–Trinajstić information content (AvgIpc) is 2.89. The van der Waals surface area contributed by atoms with Gasteiger partial charge in [-0.3, -0.25) is 14.4 Å². The molecule has 0 saturated carbocycles. The minimum absolute atomic E-state index is 0.117. The molecule has 0 unspecified atom stereocenters. The number of carbonyl (C=O) groups is 1. The Labute approximate surface area is 154 Å². The fourth-order valence-corrected chi connectivity index (χ4v) is 4.28. The second-order valence-electron chi connectivity index (χ2n) is 7.44. The number of methoxy groups -OCH3 is 1. The Kier molecular flexibility index (Phi) is 4.68. The molecule has 1 amide bonds. The molecular weight excluding hydrogens is 328 g/mol. The Morgan fingerprint density at radius 1 is 1.15 bits per heavy atom. The molecule has 3 saturated heterocycles. The van der Waals surface area contributed by atoms with Gasteiger partial charge >= 0.3 is 0 Å². The third kappa shape index (κ3) is 3.33. The van der Waals surface area contributed by atoms with Crippen LogP contribution in [0.2, 0.25) is 0 Å². The van der Waals surface area contributed by atoms with Gasteiger partial charge in [-0.05, 0) is 42.5 Å². The Morgan fingerprint density at radius 2 is 1.96 bits per heavy atom. The van der Waals surface area contributed by atoms with Crippen molar-refractivity contribution in [2.75, 3.05) is 26.7 Å². The summed E-state index contributed by atoms with van der Waals surface area (Å²) >= 11 is 0. The largest absolute Gasteiger partial charge is 0.497 e. The van der Waals surface area contributed by atoms with Gasteiger partial charge in [-0.25, -0.2) is 0 Å². The van der Waals surface area contributed by atoms with Gasteiger partial charge in [0.2, 0.25) is 0 Å². The monoisotopic (exact) mass is 354 g/mol. The number of hydrogen-bond acceptors (Lipinski definition) is 4. The first-order chi connectivity index (χ1) is 12.6. The Hall–Kier alpha value is -2.34. The van der Waals surface area contributed by atoms with Crippen LogP contribution in [0.1, 0.15) is 28.9 Å². The lowest BCUT2D eigenvalue weighted by molar-refractivity contribution is 0.0573. The number of hydrogen-bond donors (Lipinski definition) is 0. The van der Waals surface area contributed by atoms with Gasteiger partial charge in [0.15, 0.2) is 0 Å². The van der Waals surface area contributed by atoms with Crippen LogP contribution < -0.4 is 4.74 Å². The Bertz CT molecular complexity index is 770. The first kappa shape index (κ1) is 17.1. The van der Waals surface area contributed by atoms with Gasteiger partial charge in [0, 0.05) is 45.5 Å². The highest BCUT2D eigenvalue weighted by molar-refractivity contribution is 5.92. The molecule has 3 fully saturated rings. The predicted octanol–water partition coefficient (Wildman–Crippen LogP) is 2.17. The summed E-state index contributed by atoms with van der Waals surface area (Å²) in [6.07, 6.45) is 3.99. The van der Waals surface area contributed by atoms with E-state index in [1.807, 2.05) is 25.2 Å². The van der Waals surface area contributed by atoms with Crippen molar-refractivity contribution in [2.24, 2.45) is 13.0 Å². The summed E-state index contributed by atoms with van der Waals surface area (Å²) in [4.78, 5) is 17.6.